The molecule has 2 rings (SSSR count). The van der Waals surface area contributed by atoms with Crippen molar-refractivity contribution in [3.05, 3.63) is 52.2 Å². The number of hydrogen-bond acceptors (Lipinski definition) is 4. The van der Waals surface area contributed by atoms with E-state index >= 15 is 0 Å². The fourth-order valence-electron chi connectivity index (χ4n) is 2.16. The van der Waals surface area contributed by atoms with Crippen molar-refractivity contribution in [3.8, 4) is 5.75 Å². The van der Waals surface area contributed by atoms with Gasteiger partial charge in [0.15, 0.2) is 0 Å². The topological polar surface area (TPSA) is 59.6 Å². The molecule has 0 radical (unpaired) electrons. The Morgan fingerprint density at radius 3 is 2.57 bits per heavy atom. The Morgan fingerprint density at radius 2 is 1.96 bits per heavy atom. The average Bonchev–Trinajstić information content (AvgIpc) is 3.10. The highest BCUT2D eigenvalue weighted by Gasteiger charge is 2.12. The minimum atomic E-state index is -0.184. The molecular weight excluding hydrogens is 312 g/mol. The molecule has 0 saturated carbocycles. The van der Waals surface area contributed by atoms with E-state index in [0.717, 1.165) is 23.3 Å². The summed E-state index contributed by atoms with van der Waals surface area (Å²) in [5.74, 6) is 0.832. The van der Waals surface area contributed by atoms with Crippen molar-refractivity contribution in [2.75, 3.05) is 27.3 Å². The van der Waals surface area contributed by atoms with Gasteiger partial charge in [0.1, 0.15) is 11.9 Å². The van der Waals surface area contributed by atoms with Crippen LogP contribution in [0, 0.1) is 0 Å². The zero-order chi connectivity index (χ0) is 16.5. The first-order chi connectivity index (χ1) is 11.2. The number of carbonyl (C=O) groups excluding carboxylic acids is 1. The van der Waals surface area contributed by atoms with Gasteiger partial charge in [-0.05, 0) is 46.5 Å². The molecular formula is C17H22N2O3S. The Bertz CT molecular complexity index is 584. The van der Waals surface area contributed by atoms with Crippen LogP contribution in [0.25, 0.3) is 0 Å². The van der Waals surface area contributed by atoms with E-state index in [-0.39, 0.29) is 12.1 Å². The minimum absolute atomic E-state index is 0.117. The lowest BCUT2D eigenvalue weighted by molar-refractivity contribution is 0.104. The lowest BCUT2D eigenvalue weighted by atomic mass is 10.1. The zero-order valence-corrected chi connectivity index (χ0v) is 14.2. The van der Waals surface area contributed by atoms with Gasteiger partial charge in [-0.1, -0.05) is 12.1 Å². The third kappa shape index (κ3) is 5.58. The van der Waals surface area contributed by atoms with Crippen LogP contribution < -0.4 is 15.4 Å². The molecule has 0 unspecified atom stereocenters. The highest BCUT2D eigenvalue weighted by Crippen LogP contribution is 2.18. The Labute approximate surface area is 140 Å². The summed E-state index contributed by atoms with van der Waals surface area (Å²) in [6.45, 7) is 1.02. The van der Waals surface area contributed by atoms with Crippen molar-refractivity contribution in [3.63, 3.8) is 0 Å². The van der Waals surface area contributed by atoms with E-state index in [1.165, 1.54) is 0 Å². The molecule has 0 aliphatic heterocycles. The van der Waals surface area contributed by atoms with E-state index in [1.807, 2.05) is 41.1 Å². The molecule has 0 fully saturated rings. The molecule has 0 saturated heterocycles. The predicted octanol–water partition coefficient (Wildman–Crippen LogP) is 2.99. The smallest absolute Gasteiger partial charge is 0.314 e. The van der Waals surface area contributed by atoms with Gasteiger partial charge in [-0.15, -0.1) is 0 Å². The highest BCUT2D eigenvalue weighted by molar-refractivity contribution is 7.07. The van der Waals surface area contributed by atoms with E-state index in [0.29, 0.717) is 13.1 Å². The van der Waals surface area contributed by atoms with Crippen molar-refractivity contribution in [1.82, 2.24) is 10.6 Å². The molecule has 6 heteroatoms. The maximum Gasteiger partial charge on any atom is 0.314 e. The van der Waals surface area contributed by atoms with Gasteiger partial charge in [0.05, 0.1) is 7.11 Å². The van der Waals surface area contributed by atoms with Gasteiger partial charge in [0.25, 0.3) is 0 Å². The van der Waals surface area contributed by atoms with Crippen LogP contribution in [-0.2, 0) is 11.2 Å². The van der Waals surface area contributed by atoms with E-state index in [1.54, 1.807) is 25.6 Å². The quantitative estimate of drug-likeness (QED) is 0.780. The van der Waals surface area contributed by atoms with Crippen molar-refractivity contribution in [1.29, 1.82) is 0 Å². The van der Waals surface area contributed by atoms with Gasteiger partial charge in [0.2, 0.25) is 0 Å². The fraction of sp³-hybridized carbons (Fsp3) is 0.353. The van der Waals surface area contributed by atoms with Crippen molar-refractivity contribution in [2.45, 2.75) is 12.5 Å². The van der Waals surface area contributed by atoms with Crippen molar-refractivity contribution < 1.29 is 14.3 Å². The predicted molar refractivity (Wildman–Crippen MR) is 92.2 cm³/mol. The first-order valence-electron chi connectivity index (χ1n) is 7.42. The second-order valence-corrected chi connectivity index (χ2v) is 5.80. The van der Waals surface area contributed by atoms with Crippen LogP contribution in [0.1, 0.15) is 17.2 Å². The molecule has 2 N–H and O–H groups in total. The molecule has 23 heavy (non-hydrogen) atoms. The van der Waals surface area contributed by atoms with Crippen LogP contribution in [0.4, 0.5) is 4.79 Å². The molecule has 0 aliphatic rings. The molecule has 1 aromatic carbocycles. The lowest BCUT2D eigenvalue weighted by Crippen LogP contribution is -2.38. The van der Waals surface area contributed by atoms with E-state index in [4.69, 9.17) is 9.47 Å². The van der Waals surface area contributed by atoms with E-state index in [9.17, 15) is 4.79 Å². The van der Waals surface area contributed by atoms with Crippen LogP contribution in [-0.4, -0.2) is 33.3 Å². The maximum absolute atomic E-state index is 11.8. The monoisotopic (exact) mass is 334 g/mol. The Hall–Kier alpha value is -2.05. The van der Waals surface area contributed by atoms with Crippen LogP contribution in [0.3, 0.4) is 0 Å². The molecule has 0 bridgehead atoms. The third-order valence-corrected chi connectivity index (χ3v) is 4.21. The average molecular weight is 334 g/mol. The third-order valence-electron chi connectivity index (χ3n) is 3.51. The van der Waals surface area contributed by atoms with Gasteiger partial charge < -0.3 is 20.1 Å². The van der Waals surface area contributed by atoms with Gasteiger partial charge in [-0.2, -0.15) is 11.3 Å². The molecule has 2 amide bonds. The summed E-state index contributed by atoms with van der Waals surface area (Å²) >= 11 is 1.61. The summed E-state index contributed by atoms with van der Waals surface area (Å²) in [4.78, 5) is 11.8. The first kappa shape index (κ1) is 17.3. The van der Waals surface area contributed by atoms with Gasteiger partial charge in [-0.25, -0.2) is 4.79 Å². The number of amides is 2. The lowest BCUT2D eigenvalue weighted by Gasteiger charge is -2.15. The maximum atomic E-state index is 11.8. The molecule has 1 aromatic heterocycles. The molecule has 124 valence electrons. The number of rotatable bonds is 8. The fourth-order valence-corrected chi connectivity index (χ4v) is 2.86. The number of methoxy groups -OCH3 is 2. The number of hydrogen-bond donors (Lipinski definition) is 2. The molecule has 2 aromatic rings. The number of ether oxygens (including phenoxy) is 2. The molecule has 5 nitrogen and oxygen atoms in total. The molecule has 0 spiro atoms. The van der Waals surface area contributed by atoms with Gasteiger partial charge in [0, 0.05) is 20.2 Å². The summed E-state index contributed by atoms with van der Waals surface area (Å²) in [6, 6.07) is 9.64. The van der Waals surface area contributed by atoms with Crippen LogP contribution in [0.15, 0.2) is 41.1 Å². The summed E-state index contributed by atoms with van der Waals surface area (Å²) in [5.41, 5.74) is 2.23. The second-order valence-electron chi connectivity index (χ2n) is 5.02. The Morgan fingerprint density at radius 1 is 1.17 bits per heavy atom. The number of urea groups is 1. The van der Waals surface area contributed by atoms with Crippen molar-refractivity contribution in [2.24, 2.45) is 0 Å². The Balaban J connectivity index is 1.68. The summed E-state index contributed by atoms with van der Waals surface area (Å²) in [6.07, 6.45) is 0.656. The summed E-state index contributed by atoms with van der Waals surface area (Å²) in [7, 11) is 3.29. The standard InChI is InChI=1S/C17H22N2O3S/c1-21-15-5-3-13(4-6-15)7-9-18-17(20)19-11-16(22-2)14-8-10-23-12-14/h3-6,8,10,12,16H,7,9,11H2,1-2H3,(H2,18,19,20)/t16-/m1/s1. The summed E-state index contributed by atoms with van der Waals surface area (Å²) in [5, 5.41) is 9.71. The number of benzene rings is 1. The number of nitrogens with one attached hydrogen (secondary N) is 2. The van der Waals surface area contributed by atoms with Crippen LogP contribution >= 0.6 is 11.3 Å². The largest absolute Gasteiger partial charge is 0.497 e. The number of carbonyl (C=O) groups is 1. The van der Waals surface area contributed by atoms with Gasteiger partial charge in [-0.3, -0.25) is 0 Å². The van der Waals surface area contributed by atoms with E-state index in [2.05, 4.69) is 10.6 Å². The SMILES string of the molecule is COc1ccc(CCNC(=O)NC[C@@H](OC)c2ccsc2)cc1. The van der Waals surface area contributed by atoms with Crippen LogP contribution in [0.2, 0.25) is 0 Å². The highest BCUT2D eigenvalue weighted by atomic mass is 32.1. The summed E-state index contributed by atoms with van der Waals surface area (Å²) < 4.78 is 10.5. The molecule has 1 heterocycles. The first-order valence-corrected chi connectivity index (χ1v) is 8.36. The molecule has 0 aliphatic carbocycles. The minimum Gasteiger partial charge on any atom is -0.497 e. The normalized spacial score (nSPS) is 11.7. The van der Waals surface area contributed by atoms with Crippen LogP contribution in [0.5, 0.6) is 5.75 Å². The van der Waals surface area contributed by atoms with E-state index < -0.39 is 0 Å². The number of thiophene rings is 1. The van der Waals surface area contributed by atoms with Crippen molar-refractivity contribution >= 4 is 17.4 Å². The zero-order valence-electron chi connectivity index (χ0n) is 13.4. The van der Waals surface area contributed by atoms with Gasteiger partial charge >= 0.3 is 6.03 Å². The Kier molecular flexibility index (Phi) is 6.90. The molecule has 1 atom stereocenters. The second kappa shape index (κ2) is 9.17.